The lowest BCUT2D eigenvalue weighted by Gasteiger charge is -2.10. The van der Waals surface area contributed by atoms with Crippen molar-refractivity contribution in [3.8, 4) is 0 Å². The van der Waals surface area contributed by atoms with Crippen LogP contribution < -0.4 is 11.2 Å². The first-order valence-corrected chi connectivity index (χ1v) is 6.86. The summed E-state index contributed by atoms with van der Waals surface area (Å²) < 4.78 is 2.38. The Morgan fingerprint density at radius 2 is 2.00 bits per heavy atom. The van der Waals surface area contributed by atoms with Gasteiger partial charge in [0.15, 0.2) is 0 Å². The van der Waals surface area contributed by atoms with Crippen molar-refractivity contribution in [3.05, 3.63) is 74.7 Å². The predicted molar refractivity (Wildman–Crippen MR) is 83.7 cm³/mol. The molecule has 3 rings (SSSR count). The van der Waals surface area contributed by atoms with Gasteiger partial charge >= 0.3 is 11.7 Å². The van der Waals surface area contributed by atoms with Gasteiger partial charge in [-0.15, -0.1) is 0 Å². The van der Waals surface area contributed by atoms with Crippen molar-refractivity contribution in [1.29, 1.82) is 0 Å². The highest BCUT2D eigenvalue weighted by Gasteiger charge is 2.14. The minimum atomic E-state index is -1.13. The molecule has 0 fully saturated rings. The first-order chi connectivity index (χ1) is 11.0. The van der Waals surface area contributed by atoms with E-state index in [1.54, 1.807) is 31.4 Å². The standard InChI is InChI=1S/C16H13N3O4/c1-18-13-6-5-10(15(21)22)8-12(13)14(20)19(16(18)23)9-11-4-2-3-7-17-11/h2-8H,9H2,1H3,(H,21,22). The molecule has 1 N–H and O–H groups in total. The summed E-state index contributed by atoms with van der Waals surface area (Å²) in [4.78, 5) is 40.2. The van der Waals surface area contributed by atoms with Gasteiger partial charge in [0.2, 0.25) is 0 Å². The summed E-state index contributed by atoms with van der Waals surface area (Å²) in [6, 6.07) is 9.34. The number of aromatic carboxylic acids is 1. The predicted octanol–water partition coefficient (Wildman–Crippen LogP) is 0.842. The lowest BCUT2D eigenvalue weighted by Crippen LogP contribution is -2.39. The fourth-order valence-corrected chi connectivity index (χ4v) is 2.44. The smallest absolute Gasteiger partial charge is 0.335 e. The third kappa shape index (κ3) is 2.52. The van der Waals surface area contributed by atoms with Gasteiger partial charge < -0.3 is 5.11 Å². The number of carbonyl (C=O) groups is 1. The molecule has 7 nitrogen and oxygen atoms in total. The molecule has 116 valence electrons. The average Bonchev–Trinajstić information content (AvgIpc) is 2.57. The Hall–Kier alpha value is -3.22. The second-order valence-corrected chi connectivity index (χ2v) is 5.09. The zero-order valence-corrected chi connectivity index (χ0v) is 12.3. The van der Waals surface area contributed by atoms with E-state index in [-0.39, 0.29) is 17.5 Å². The molecular formula is C16H13N3O4. The minimum Gasteiger partial charge on any atom is -0.478 e. The van der Waals surface area contributed by atoms with Crippen molar-refractivity contribution in [2.45, 2.75) is 6.54 Å². The van der Waals surface area contributed by atoms with Gasteiger partial charge in [-0.2, -0.15) is 0 Å². The topological polar surface area (TPSA) is 94.2 Å². The van der Waals surface area contributed by atoms with E-state index in [1.807, 2.05) is 0 Å². The highest BCUT2D eigenvalue weighted by atomic mass is 16.4. The van der Waals surface area contributed by atoms with Crippen LogP contribution in [0.15, 0.2) is 52.2 Å². The number of hydrogen-bond donors (Lipinski definition) is 1. The van der Waals surface area contributed by atoms with Gasteiger partial charge in [-0.25, -0.2) is 9.59 Å². The molecule has 3 aromatic rings. The van der Waals surface area contributed by atoms with Gasteiger partial charge in [0.25, 0.3) is 5.56 Å². The molecule has 2 aromatic heterocycles. The molecule has 0 saturated heterocycles. The lowest BCUT2D eigenvalue weighted by molar-refractivity contribution is 0.0697. The molecule has 0 spiro atoms. The fourth-order valence-electron chi connectivity index (χ4n) is 2.44. The molecule has 2 heterocycles. The summed E-state index contributed by atoms with van der Waals surface area (Å²) in [5, 5.41) is 9.26. The van der Waals surface area contributed by atoms with E-state index in [0.717, 1.165) is 4.57 Å². The zero-order valence-electron chi connectivity index (χ0n) is 12.3. The minimum absolute atomic E-state index is 0.00219. The number of aromatic nitrogens is 3. The summed E-state index contributed by atoms with van der Waals surface area (Å²) in [6.07, 6.45) is 1.58. The first kappa shape index (κ1) is 14.7. The molecule has 0 aliphatic rings. The van der Waals surface area contributed by atoms with Crippen LogP contribution in [0.25, 0.3) is 10.9 Å². The second kappa shape index (κ2) is 5.53. The van der Waals surface area contributed by atoms with Crippen molar-refractivity contribution in [3.63, 3.8) is 0 Å². The molecule has 0 saturated carbocycles. The van der Waals surface area contributed by atoms with Crippen LogP contribution >= 0.6 is 0 Å². The molecule has 0 aliphatic carbocycles. The number of nitrogens with zero attached hydrogens (tertiary/aromatic N) is 3. The molecule has 0 bridgehead atoms. The van der Waals surface area contributed by atoms with Gasteiger partial charge in [-0.1, -0.05) is 6.07 Å². The van der Waals surface area contributed by atoms with E-state index in [1.165, 1.54) is 22.8 Å². The summed E-state index contributed by atoms with van der Waals surface area (Å²) in [7, 11) is 1.54. The van der Waals surface area contributed by atoms with E-state index in [9.17, 15) is 14.4 Å². The van der Waals surface area contributed by atoms with Gasteiger partial charge in [0.05, 0.1) is 28.7 Å². The Morgan fingerprint density at radius 1 is 1.22 bits per heavy atom. The molecule has 0 amide bonds. The zero-order chi connectivity index (χ0) is 16.6. The van der Waals surface area contributed by atoms with Gasteiger partial charge in [0, 0.05) is 13.2 Å². The molecule has 1 aromatic carbocycles. The van der Waals surface area contributed by atoms with Crippen LogP contribution in [0.2, 0.25) is 0 Å². The molecule has 0 aliphatic heterocycles. The van der Waals surface area contributed by atoms with Crippen LogP contribution in [-0.2, 0) is 13.6 Å². The summed E-state index contributed by atoms with van der Waals surface area (Å²) in [5.41, 5.74) is -0.0478. The van der Waals surface area contributed by atoms with E-state index in [2.05, 4.69) is 4.98 Å². The highest BCUT2D eigenvalue weighted by molar-refractivity contribution is 5.93. The Labute approximate surface area is 130 Å². The van der Waals surface area contributed by atoms with Crippen LogP contribution in [0.3, 0.4) is 0 Å². The maximum absolute atomic E-state index is 12.6. The number of rotatable bonds is 3. The highest BCUT2D eigenvalue weighted by Crippen LogP contribution is 2.11. The fraction of sp³-hybridized carbons (Fsp3) is 0.125. The number of pyridine rings is 1. The Morgan fingerprint density at radius 3 is 2.65 bits per heavy atom. The van der Waals surface area contributed by atoms with Crippen molar-refractivity contribution < 1.29 is 9.90 Å². The second-order valence-electron chi connectivity index (χ2n) is 5.09. The Balaban J connectivity index is 2.28. The van der Waals surface area contributed by atoms with E-state index in [0.29, 0.717) is 11.2 Å². The third-order valence-electron chi connectivity index (χ3n) is 3.64. The monoisotopic (exact) mass is 311 g/mol. The Bertz CT molecular complexity index is 1020. The average molecular weight is 311 g/mol. The molecule has 0 radical (unpaired) electrons. The molecule has 0 atom stereocenters. The number of aryl methyl sites for hydroxylation is 1. The number of carboxylic acids is 1. The van der Waals surface area contributed by atoms with Crippen molar-refractivity contribution in [1.82, 2.24) is 14.1 Å². The Kier molecular flexibility index (Phi) is 3.53. The van der Waals surface area contributed by atoms with Crippen LogP contribution in [0.5, 0.6) is 0 Å². The lowest BCUT2D eigenvalue weighted by atomic mass is 10.1. The number of benzene rings is 1. The number of hydrogen-bond acceptors (Lipinski definition) is 4. The largest absolute Gasteiger partial charge is 0.478 e. The maximum Gasteiger partial charge on any atom is 0.335 e. The van der Waals surface area contributed by atoms with Gasteiger partial charge in [0.1, 0.15) is 0 Å². The van der Waals surface area contributed by atoms with Crippen molar-refractivity contribution in [2.24, 2.45) is 7.05 Å². The quantitative estimate of drug-likeness (QED) is 0.773. The number of carboxylic acid groups (broad SMARTS) is 1. The van der Waals surface area contributed by atoms with Gasteiger partial charge in [-0.05, 0) is 30.3 Å². The third-order valence-corrected chi connectivity index (χ3v) is 3.64. The number of fused-ring (bicyclic) bond motifs is 1. The SMILES string of the molecule is Cn1c(=O)n(Cc2ccccn2)c(=O)c2cc(C(=O)O)ccc21. The van der Waals surface area contributed by atoms with Crippen LogP contribution in [-0.4, -0.2) is 25.2 Å². The summed E-state index contributed by atoms with van der Waals surface area (Å²) >= 11 is 0. The normalized spacial score (nSPS) is 10.8. The van der Waals surface area contributed by atoms with Gasteiger partial charge in [-0.3, -0.25) is 18.9 Å². The van der Waals surface area contributed by atoms with Crippen LogP contribution in [0, 0.1) is 0 Å². The summed E-state index contributed by atoms with van der Waals surface area (Å²) in [6.45, 7) is 0.0274. The molecule has 23 heavy (non-hydrogen) atoms. The van der Waals surface area contributed by atoms with Crippen LogP contribution in [0.1, 0.15) is 16.1 Å². The molecular weight excluding hydrogens is 298 g/mol. The summed E-state index contributed by atoms with van der Waals surface area (Å²) in [5.74, 6) is -1.13. The molecule has 7 heteroatoms. The van der Waals surface area contributed by atoms with E-state index < -0.39 is 17.2 Å². The van der Waals surface area contributed by atoms with Crippen molar-refractivity contribution >= 4 is 16.9 Å². The van der Waals surface area contributed by atoms with E-state index in [4.69, 9.17) is 5.11 Å². The molecule has 0 unspecified atom stereocenters. The van der Waals surface area contributed by atoms with Crippen LogP contribution in [0.4, 0.5) is 0 Å². The first-order valence-electron chi connectivity index (χ1n) is 6.86. The van der Waals surface area contributed by atoms with Crippen molar-refractivity contribution in [2.75, 3.05) is 0 Å². The van der Waals surface area contributed by atoms with E-state index >= 15 is 0 Å². The maximum atomic E-state index is 12.6.